The Morgan fingerprint density at radius 1 is 1.31 bits per heavy atom. The molecule has 0 amide bonds. The molecule has 1 aliphatic carbocycles. The van der Waals surface area contributed by atoms with Gasteiger partial charge in [0.2, 0.25) is 0 Å². The molecule has 1 aromatic rings. The van der Waals surface area contributed by atoms with Gasteiger partial charge >= 0.3 is 0 Å². The molecular formula is C13H19N3. The van der Waals surface area contributed by atoms with E-state index >= 15 is 0 Å². The summed E-state index contributed by atoms with van der Waals surface area (Å²) in [5.74, 6) is 1.44. The van der Waals surface area contributed by atoms with E-state index in [1.807, 2.05) is 12.1 Å². The minimum Gasteiger partial charge on any atom is -0.384 e. The Morgan fingerprint density at radius 2 is 2.25 bits per heavy atom. The van der Waals surface area contributed by atoms with Gasteiger partial charge in [0, 0.05) is 6.54 Å². The smallest absolute Gasteiger partial charge is 0.128 e. The van der Waals surface area contributed by atoms with Crippen LogP contribution in [0.1, 0.15) is 32.1 Å². The van der Waals surface area contributed by atoms with Gasteiger partial charge in [-0.15, -0.1) is 0 Å². The van der Waals surface area contributed by atoms with E-state index in [0.717, 1.165) is 18.8 Å². The monoisotopic (exact) mass is 217 g/mol. The van der Waals surface area contributed by atoms with Gasteiger partial charge in [-0.2, -0.15) is 0 Å². The van der Waals surface area contributed by atoms with Crippen molar-refractivity contribution in [1.82, 2.24) is 4.98 Å². The molecule has 1 heterocycles. The maximum atomic E-state index is 5.61. The van der Waals surface area contributed by atoms with Crippen molar-refractivity contribution in [2.75, 3.05) is 17.6 Å². The predicted octanol–water partition coefficient (Wildman–Crippen LogP) is 2.97. The Morgan fingerprint density at radius 3 is 3.00 bits per heavy atom. The highest BCUT2D eigenvalue weighted by molar-refractivity contribution is 5.42. The highest BCUT2D eigenvalue weighted by Crippen LogP contribution is 2.19. The van der Waals surface area contributed by atoms with Crippen LogP contribution < -0.4 is 11.1 Å². The van der Waals surface area contributed by atoms with Crippen molar-refractivity contribution in [1.29, 1.82) is 0 Å². The summed E-state index contributed by atoms with van der Waals surface area (Å²) in [4.78, 5) is 4.20. The zero-order chi connectivity index (χ0) is 11.2. The van der Waals surface area contributed by atoms with E-state index in [2.05, 4.69) is 16.4 Å². The molecule has 3 N–H and O–H groups in total. The zero-order valence-corrected chi connectivity index (χ0v) is 9.58. The summed E-state index contributed by atoms with van der Waals surface area (Å²) in [5.41, 5.74) is 7.20. The van der Waals surface area contributed by atoms with Crippen molar-refractivity contribution < 1.29 is 0 Å². The summed E-state index contributed by atoms with van der Waals surface area (Å²) in [7, 11) is 0. The molecule has 0 bridgehead atoms. The fourth-order valence-corrected chi connectivity index (χ4v) is 2.03. The number of nitrogens with two attached hydrogens (primary N) is 1. The lowest BCUT2D eigenvalue weighted by molar-refractivity contribution is 0.679. The number of anilines is 2. The van der Waals surface area contributed by atoms with Gasteiger partial charge in [0.25, 0.3) is 0 Å². The van der Waals surface area contributed by atoms with Crippen LogP contribution >= 0.6 is 0 Å². The molecule has 0 radical (unpaired) electrons. The Hall–Kier alpha value is -1.51. The molecule has 3 nitrogen and oxygen atoms in total. The quantitative estimate of drug-likeness (QED) is 0.762. The fourth-order valence-electron chi connectivity index (χ4n) is 2.03. The lowest BCUT2D eigenvalue weighted by Gasteiger charge is -2.13. The summed E-state index contributed by atoms with van der Waals surface area (Å²) in [6.07, 6.45) is 8.74. The number of hydrogen-bond donors (Lipinski definition) is 2. The molecule has 3 heteroatoms. The number of nitrogens with zero attached hydrogens (tertiary/aromatic N) is 1. The first-order valence-corrected chi connectivity index (χ1v) is 5.99. The van der Waals surface area contributed by atoms with Crippen molar-refractivity contribution in [2.24, 2.45) is 0 Å². The Kier molecular flexibility index (Phi) is 3.81. The second-order valence-corrected chi connectivity index (χ2v) is 4.23. The van der Waals surface area contributed by atoms with Crippen molar-refractivity contribution in [3.63, 3.8) is 0 Å². The van der Waals surface area contributed by atoms with E-state index in [1.165, 1.54) is 25.7 Å². The normalized spacial score (nSPS) is 15.6. The maximum absolute atomic E-state index is 5.61. The minimum absolute atomic E-state index is 0.571. The maximum Gasteiger partial charge on any atom is 0.128 e. The molecule has 0 saturated carbocycles. The number of aromatic nitrogens is 1. The summed E-state index contributed by atoms with van der Waals surface area (Å²) in [5, 5.41) is 3.30. The molecule has 2 rings (SSSR count). The fraction of sp³-hybridized carbons (Fsp3) is 0.462. The largest absolute Gasteiger partial charge is 0.384 e. The van der Waals surface area contributed by atoms with Gasteiger partial charge in [0.05, 0.1) is 0 Å². The van der Waals surface area contributed by atoms with Crippen LogP contribution in [0, 0.1) is 0 Å². The second kappa shape index (κ2) is 5.54. The van der Waals surface area contributed by atoms with Crippen LogP contribution in [0.4, 0.5) is 11.6 Å². The molecule has 0 saturated heterocycles. The van der Waals surface area contributed by atoms with Crippen molar-refractivity contribution in [2.45, 2.75) is 32.1 Å². The molecule has 0 spiro atoms. The van der Waals surface area contributed by atoms with Crippen LogP contribution in [0.5, 0.6) is 0 Å². The summed E-state index contributed by atoms with van der Waals surface area (Å²) >= 11 is 0. The molecule has 0 aromatic carbocycles. The van der Waals surface area contributed by atoms with E-state index in [1.54, 1.807) is 11.6 Å². The van der Waals surface area contributed by atoms with Gasteiger partial charge in [-0.1, -0.05) is 17.7 Å². The molecule has 0 fully saturated rings. The topological polar surface area (TPSA) is 50.9 Å². The number of rotatable bonds is 4. The van der Waals surface area contributed by atoms with Gasteiger partial charge in [-0.25, -0.2) is 4.98 Å². The standard InChI is InChI=1S/C13H19N3/c14-12-7-4-8-13(16-12)15-10-9-11-5-2-1-3-6-11/h4-5,7-8H,1-3,6,9-10H2,(H3,14,15,16). The molecule has 0 atom stereocenters. The molecule has 1 aliphatic rings. The third kappa shape index (κ3) is 3.26. The third-order valence-electron chi connectivity index (χ3n) is 2.91. The zero-order valence-electron chi connectivity index (χ0n) is 9.58. The van der Waals surface area contributed by atoms with Gasteiger partial charge < -0.3 is 11.1 Å². The summed E-state index contributed by atoms with van der Waals surface area (Å²) in [6.45, 7) is 0.947. The van der Waals surface area contributed by atoms with Crippen LogP contribution in [-0.4, -0.2) is 11.5 Å². The highest BCUT2D eigenvalue weighted by Gasteiger charge is 2.03. The van der Waals surface area contributed by atoms with Crippen molar-refractivity contribution in [3.05, 3.63) is 29.8 Å². The summed E-state index contributed by atoms with van der Waals surface area (Å²) in [6, 6.07) is 5.67. The van der Waals surface area contributed by atoms with Gasteiger partial charge in [-0.05, 0) is 44.2 Å². The number of nitrogens with one attached hydrogen (secondary N) is 1. The number of allylic oxidation sites excluding steroid dienone is 1. The minimum atomic E-state index is 0.571. The Balaban J connectivity index is 1.77. The van der Waals surface area contributed by atoms with Crippen molar-refractivity contribution in [3.8, 4) is 0 Å². The average molecular weight is 217 g/mol. The van der Waals surface area contributed by atoms with Crippen molar-refractivity contribution >= 4 is 11.6 Å². The first-order chi connectivity index (χ1) is 7.84. The first kappa shape index (κ1) is 11.0. The number of hydrogen-bond acceptors (Lipinski definition) is 3. The van der Waals surface area contributed by atoms with Gasteiger partial charge in [-0.3, -0.25) is 0 Å². The third-order valence-corrected chi connectivity index (χ3v) is 2.91. The highest BCUT2D eigenvalue weighted by atomic mass is 15.0. The molecule has 86 valence electrons. The van der Waals surface area contributed by atoms with E-state index in [9.17, 15) is 0 Å². The lowest BCUT2D eigenvalue weighted by Crippen LogP contribution is -2.06. The number of nitrogen functional groups attached to an aromatic ring is 1. The van der Waals surface area contributed by atoms with Crippen LogP contribution in [-0.2, 0) is 0 Å². The first-order valence-electron chi connectivity index (χ1n) is 5.99. The molecule has 1 aromatic heterocycles. The molecular weight excluding hydrogens is 198 g/mol. The SMILES string of the molecule is Nc1cccc(NCCC2=CCCCC2)n1. The van der Waals surface area contributed by atoms with Crippen LogP contribution in [0.15, 0.2) is 29.8 Å². The van der Waals surface area contributed by atoms with Crippen LogP contribution in [0.3, 0.4) is 0 Å². The Labute approximate surface area is 96.8 Å². The lowest BCUT2D eigenvalue weighted by atomic mass is 9.97. The Bertz CT molecular complexity index is 371. The molecule has 16 heavy (non-hydrogen) atoms. The van der Waals surface area contributed by atoms with E-state index < -0.39 is 0 Å². The predicted molar refractivity (Wildman–Crippen MR) is 68.3 cm³/mol. The van der Waals surface area contributed by atoms with E-state index in [4.69, 9.17) is 5.73 Å². The second-order valence-electron chi connectivity index (χ2n) is 4.23. The average Bonchev–Trinajstić information content (AvgIpc) is 2.30. The molecule has 0 unspecified atom stereocenters. The van der Waals surface area contributed by atoms with E-state index in [-0.39, 0.29) is 0 Å². The van der Waals surface area contributed by atoms with Gasteiger partial charge in [0.15, 0.2) is 0 Å². The van der Waals surface area contributed by atoms with Crippen LogP contribution in [0.25, 0.3) is 0 Å². The van der Waals surface area contributed by atoms with Gasteiger partial charge in [0.1, 0.15) is 11.6 Å². The van der Waals surface area contributed by atoms with Crippen LogP contribution in [0.2, 0.25) is 0 Å². The molecule has 0 aliphatic heterocycles. The number of pyridine rings is 1. The summed E-state index contributed by atoms with van der Waals surface area (Å²) < 4.78 is 0. The van der Waals surface area contributed by atoms with E-state index in [0.29, 0.717) is 5.82 Å².